The lowest BCUT2D eigenvalue weighted by molar-refractivity contribution is -0.137. The SMILES string of the molecule is O=CN[C@H](CC(=O)O)c1ccc2ccccc2c1. The first-order chi connectivity index (χ1) is 8.70. The normalized spacial score (nSPS) is 12.0. The lowest BCUT2D eigenvalue weighted by Crippen LogP contribution is -2.22. The number of nitrogens with one attached hydrogen (secondary N) is 1. The third-order valence-electron chi connectivity index (χ3n) is 2.82. The molecule has 0 spiro atoms. The van der Waals surface area contributed by atoms with Crippen molar-refractivity contribution in [3.63, 3.8) is 0 Å². The zero-order valence-electron chi connectivity index (χ0n) is 9.67. The van der Waals surface area contributed by atoms with Crippen LogP contribution in [0.3, 0.4) is 0 Å². The second-order valence-electron chi connectivity index (χ2n) is 4.04. The van der Waals surface area contributed by atoms with Crippen LogP contribution in [0, 0.1) is 0 Å². The number of benzene rings is 2. The number of carbonyl (C=O) groups excluding carboxylic acids is 1. The first-order valence-corrected chi connectivity index (χ1v) is 5.61. The zero-order chi connectivity index (χ0) is 13.0. The first kappa shape index (κ1) is 12.1. The van der Waals surface area contributed by atoms with Crippen LogP contribution in [0.5, 0.6) is 0 Å². The molecule has 0 aliphatic rings. The second kappa shape index (κ2) is 5.31. The van der Waals surface area contributed by atoms with E-state index in [2.05, 4.69) is 5.32 Å². The number of hydrogen-bond donors (Lipinski definition) is 2. The Bertz CT molecular complexity index is 580. The Morgan fingerprint density at radius 3 is 2.61 bits per heavy atom. The molecule has 0 radical (unpaired) electrons. The van der Waals surface area contributed by atoms with Gasteiger partial charge in [-0.05, 0) is 22.4 Å². The van der Waals surface area contributed by atoms with E-state index < -0.39 is 12.0 Å². The highest BCUT2D eigenvalue weighted by Crippen LogP contribution is 2.22. The Hall–Kier alpha value is -2.36. The van der Waals surface area contributed by atoms with Crippen molar-refractivity contribution in [2.75, 3.05) is 0 Å². The van der Waals surface area contributed by atoms with Crippen molar-refractivity contribution < 1.29 is 14.7 Å². The number of carbonyl (C=O) groups is 2. The molecule has 2 aromatic carbocycles. The van der Waals surface area contributed by atoms with Crippen molar-refractivity contribution in [1.29, 1.82) is 0 Å². The highest BCUT2D eigenvalue weighted by Gasteiger charge is 2.14. The third-order valence-corrected chi connectivity index (χ3v) is 2.82. The van der Waals surface area contributed by atoms with Crippen LogP contribution in [0.1, 0.15) is 18.0 Å². The summed E-state index contributed by atoms with van der Waals surface area (Å²) in [5.41, 5.74) is 0.795. The molecule has 1 atom stereocenters. The van der Waals surface area contributed by atoms with Crippen molar-refractivity contribution >= 4 is 23.2 Å². The maximum Gasteiger partial charge on any atom is 0.305 e. The molecule has 0 fully saturated rings. The summed E-state index contributed by atoms with van der Waals surface area (Å²) in [5, 5.41) is 13.5. The summed E-state index contributed by atoms with van der Waals surface area (Å²) in [6.07, 6.45) is 0.403. The average molecular weight is 243 g/mol. The van der Waals surface area contributed by atoms with E-state index in [1.807, 2.05) is 42.5 Å². The van der Waals surface area contributed by atoms with Gasteiger partial charge in [-0.1, -0.05) is 36.4 Å². The predicted octanol–water partition coefficient (Wildman–Crippen LogP) is 2.10. The van der Waals surface area contributed by atoms with Crippen molar-refractivity contribution in [1.82, 2.24) is 5.32 Å². The van der Waals surface area contributed by atoms with Gasteiger partial charge >= 0.3 is 5.97 Å². The molecule has 0 aliphatic carbocycles. The molecular formula is C14H13NO3. The molecule has 92 valence electrons. The molecule has 4 heteroatoms. The fraction of sp³-hybridized carbons (Fsp3) is 0.143. The average Bonchev–Trinajstić information content (AvgIpc) is 2.37. The molecule has 2 N–H and O–H groups in total. The Morgan fingerprint density at radius 1 is 1.22 bits per heavy atom. The highest BCUT2D eigenvalue weighted by molar-refractivity contribution is 5.83. The molecule has 0 aromatic heterocycles. The standard InChI is InChI=1S/C14H13NO3/c16-9-15-13(8-14(17)18)12-6-5-10-3-1-2-4-11(10)7-12/h1-7,9,13H,8H2,(H,15,16)(H,17,18)/t13-/m1/s1. The van der Waals surface area contributed by atoms with Gasteiger partial charge < -0.3 is 10.4 Å². The first-order valence-electron chi connectivity index (χ1n) is 5.61. The molecule has 2 rings (SSSR count). The number of hydrogen-bond acceptors (Lipinski definition) is 2. The van der Waals surface area contributed by atoms with Crippen molar-refractivity contribution in [2.45, 2.75) is 12.5 Å². The van der Waals surface area contributed by atoms with E-state index in [1.165, 1.54) is 0 Å². The fourth-order valence-electron chi connectivity index (χ4n) is 1.95. The number of carboxylic acid groups (broad SMARTS) is 1. The summed E-state index contributed by atoms with van der Waals surface area (Å²) in [6.45, 7) is 0. The predicted molar refractivity (Wildman–Crippen MR) is 68.1 cm³/mol. The summed E-state index contributed by atoms with van der Waals surface area (Å²) in [6, 6.07) is 13.0. The van der Waals surface area contributed by atoms with Gasteiger partial charge in [-0.2, -0.15) is 0 Å². The zero-order valence-corrected chi connectivity index (χ0v) is 9.67. The van der Waals surface area contributed by atoms with Gasteiger partial charge in [-0.3, -0.25) is 9.59 Å². The minimum absolute atomic E-state index is 0.128. The van der Waals surface area contributed by atoms with E-state index >= 15 is 0 Å². The molecular weight excluding hydrogens is 230 g/mol. The van der Waals surface area contributed by atoms with E-state index in [1.54, 1.807) is 0 Å². The Labute approximate surface area is 104 Å². The molecule has 4 nitrogen and oxygen atoms in total. The van der Waals surface area contributed by atoms with Crippen LogP contribution >= 0.6 is 0 Å². The Kier molecular flexibility index (Phi) is 3.57. The van der Waals surface area contributed by atoms with Gasteiger partial charge in [0.15, 0.2) is 0 Å². The van der Waals surface area contributed by atoms with Crippen LogP contribution in [0.2, 0.25) is 0 Å². The van der Waals surface area contributed by atoms with Gasteiger partial charge in [0.05, 0.1) is 12.5 Å². The maximum absolute atomic E-state index is 10.8. The molecule has 0 saturated carbocycles. The molecule has 0 heterocycles. The highest BCUT2D eigenvalue weighted by atomic mass is 16.4. The van der Waals surface area contributed by atoms with Crippen LogP contribution in [0.4, 0.5) is 0 Å². The van der Waals surface area contributed by atoms with Crippen molar-refractivity contribution in [3.05, 3.63) is 48.0 Å². The van der Waals surface area contributed by atoms with Crippen LogP contribution < -0.4 is 5.32 Å². The summed E-state index contributed by atoms with van der Waals surface area (Å²) in [7, 11) is 0. The van der Waals surface area contributed by atoms with Crippen LogP contribution in [-0.2, 0) is 9.59 Å². The molecule has 2 aromatic rings. The number of fused-ring (bicyclic) bond motifs is 1. The summed E-state index contributed by atoms with van der Waals surface area (Å²) in [4.78, 5) is 21.3. The molecule has 18 heavy (non-hydrogen) atoms. The van der Waals surface area contributed by atoms with Gasteiger partial charge in [0.2, 0.25) is 6.41 Å². The number of aliphatic carboxylic acids is 1. The molecule has 0 bridgehead atoms. The molecule has 0 unspecified atom stereocenters. The van der Waals surface area contributed by atoms with Crippen molar-refractivity contribution in [2.24, 2.45) is 0 Å². The summed E-state index contributed by atoms with van der Waals surface area (Å²) < 4.78 is 0. The number of rotatable bonds is 5. The van der Waals surface area contributed by atoms with Crippen LogP contribution in [-0.4, -0.2) is 17.5 Å². The van der Waals surface area contributed by atoms with Gasteiger partial charge in [0, 0.05) is 0 Å². The van der Waals surface area contributed by atoms with E-state index in [0.717, 1.165) is 16.3 Å². The van der Waals surface area contributed by atoms with Crippen LogP contribution in [0.25, 0.3) is 10.8 Å². The van der Waals surface area contributed by atoms with E-state index in [-0.39, 0.29) is 6.42 Å². The van der Waals surface area contributed by atoms with Gasteiger partial charge in [-0.25, -0.2) is 0 Å². The summed E-state index contributed by atoms with van der Waals surface area (Å²) in [5.74, 6) is -0.942. The number of amides is 1. The topological polar surface area (TPSA) is 66.4 Å². The van der Waals surface area contributed by atoms with Gasteiger partial charge in [0.25, 0.3) is 0 Å². The van der Waals surface area contributed by atoms with Gasteiger partial charge in [-0.15, -0.1) is 0 Å². The maximum atomic E-state index is 10.8. The Morgan fingerprint density at radius 2 is 1.94 bits per heavy atom. The fourth-order valence-corrected chi connectivity index (χ4v) is 1.95. The van der Waals surface area contributed by atoms with E-state index in [4.69, 9.17) is 5.11 Å². The lowest BCUT2D eigenvalue weighted by atomic mass is 10.00. The third kappa shape index (κ3) is 2.66. The minimum Gasteiger partial charge on any atom is -0.481 e. The van der Waals surface area contributed by atoms with Crippen molar-refractivity contribution in [3.8, 4) is 0 Å². The van der Waals surface area contributed by atoms with Crippen LogP contribution in [0.15, 0.2) is 42.5 Å². The minimum atomic E-state index is -0.942. The monoisotopic (exact) mass is 243 g/mol. The molecule has 0 aliphatic heterocycles. The lowest BCUT2D eigenvalue weighted by Gasteiger charge is -2.14. The largest absolute Gasteiger partial charge is 0.481 e. The summed E-state index contributed by atoms with van der Waals surface area (Å²) >= 11 is 0. The molecule has 1 amide bonds. The molecule has 0 saturated heterocycles. The smallest absolute Gasteiger partial charge is 0.305 e. The van der Waals surface area contributed by atoms with E-state index in [0.29, 0.717) is 6.41 Å². The van der Waals surface area contributed by atoms with Gasteiger partial charge in [0.1, 0.15) is 0 Å². The Balaban J connectivity index is 2.37. The quantitative estimate of drug-likeness (QED) is 0.790. The second-order valence-corrected chi connectivity index (χ2v) is 4.04. The van der Waals surface area contributed by atoms with E-state index in [9.17, 15) is 9.59 Å². The number of carboxylic acids is 1.